The molecule has 4 aromatic carbocycles. The number of aromatic nitrogens is 4. The van der Waals surface area contributed by atoms with Crippen LogP contribution in [0.2, 0.25) is 0 Å². The molecule has 39 heavy (non-hydrogen) atoms. The van der Waals surface area contributed by atoms with Crippen molar-refractivity contribution in [2.75, 3.05) is 0 Å². The van der Waals surface area contributed by atoms with Crippen LogP contribution in [-0.4, -0.2) is 19.5 Å². The summed E-state index contributed by atoms with van der Waals surface area (Å²) in [5, 5.41) is 5.33. The molecule has 5 nitrogen and oxygen atoms in total. The van der Waals surface area contributed by atoms with Gasteiger partial charge in [-0.25, -0.2) is 9.97 Å². The highest BCUT2D eigenvalue weighted by molar-refractivity contribution is 7.13. The number of nitrogens with zero attached hydrogens (tertiary/aromatic N) is 4. The van der Waals surface area contributed by atoms with Gasteiger partial charge in [-0.05, 0) is 60.7 Å². The van der Waals surface area contributed by atoms with Crippen LogP contribution in [0.3, 0.4) is 0 Å². The Labute approximate surface area is 227 Å². The van der Waals surface area contributed by atoms with Crippen molar-refractivity contribution in [3.8, 4) is 39.0 Å². The summed E-state index contributed by atoms with van der Waals surface area (Å²) in [4.78, 5) is 13.8. The molecule has 4 heterocycles. The van der Waals surface area contributed by atoms with Crippen molar-refractivity contribution >= 4 is 44.2 Å². The Kier molecular flexibility index (Phi) is 4.93. The van der Waals surface area contributed by atoms with Crippen LogP contribution in [0.1, 0.15) is 0 Å². The maximum Gasteiger partial charge on any atom is 0.227 e. The summed E-state index contributed by atoms with van der Waals surface area (Å²) in [6.45, 7) is 0. The van der Waals surface area contributed by atoms with Crippen molar-refractivity contribution in [3.05, 3.63) is 121 Å². The molecular weight excluding hydrogens is 500 g/mol. The zero-order valence-corrected chi connectivity index (χ0v) is 21.5. The third-order valence-electron chi connectivity index (χ3n) is 7.05. The van der Waals surface area contributed by atoms with Gasteiger partial charge in [0, 0.05) is 50.9 Å². The second-order valence-electron chi connectivity index (χ2n) is 9.39. The molecule has 8 rings (SSSR count). The van der Waals surface area contributed by atoms with Crippen LogP contribution in [0.4, 0.5) is 0 Å². The molecule has 0 fully saturated rings. The van der Waals surface area contributed by atoms with E-state index in [2.05, 4.69) is 81.3 Å². The number of hydrogen-bond donors (Lipinski definition) is 0. The van der Waals surface area contributed by atoms with Crippen molar-refractivity contribution in [1.29, 1.82) is 0 Å². The van der Waals surface area contributed by atoms with Crippen molar-refractivity contribution in [2.24, 2.45) is 0 Å². The fourth-order valence-corrected chi connectivity index (χ4v) is 5.90. The Morgan fingerprint density at radius 3 is 2.44 bits per heavy atom. The smallest absolute Gasteiger partial charge is 0.227 e. The molecule has 0 spiro atoms. The number of rotatable bonds is 4. The van der Waals surface area contributed by atoms with Crippen molar-refractivity contribution in [1.82, 2.24) is 19.5 Å². The molecule has 6 heteroatoms. The first-order valence-electron chi connectivity index (χ1n) is 12.7. The van der Waals surface area contributed by atoms with E-state index in [0.717, 1.165) is 55.2 Å². The van der Waals surface area contributed by atoms with E-state index in [0.29, 0.717) is 5.89 Å². The summed E-state index contributed by atoms with van der Waals surface area (Å²) in [7, 11) is 0. The third kappa shape index (κ3) is 3.65. The van der Waals surface area contributed by atoms with E-state index in [1.165, 1.54) is 10.8 Å². The fraction of sp³-hybridized carbons (Fsp3) is 0. The molecule has 8 aromatic rings. The zero-order chi connectivity index (χ0) is 25.8. The summed E-state index contributed by atoms with van der Waals surface area (Å²) in [6.07, 6.45) is 3.64. The minimum Gasteiger partial charge on any atom is -0.436 e. The predicted octanol–water partition coefficient (Wildman–Crippen LogP) is 8.78. The van der Waals surface area contributed by atoms with Gasteiger partial charge in [0.1, 0.15) is 10.5 Å². The van der Waals surface area contributed by atoms with Gasteiger partial charge < -0.3 is 8.98 Å². The number of fused-ring (bicyclic) bond motifs is 4. The van der Waals surface area contributed by atoms with Crippen LogP contribution in [0.5, 0.6) is 0 Å². The average molecular weight is 521 g/mol. The quantitative estimate of drug-likeness (QED) is 0.233. The normalized spacial score (nSPS) is 11.6. The third-order valence-corrected chi connectivity index (χ3v) is 7.88. The molecule has 0 unspecified atom stereocenters. The highest BCUT2D eigenvalue weighted by Gasteiger charge is 2.16. The van der Waals surface area contributed by atoms with Gasteiger partial charge in [-0.1, -0.05) is 42.5 Å². The minimum atomic E-state index is 0.599. The average Bonchev–Trinajstić information content (AvgIpc) is 3.75. The molecule has 184 valence electrons. The highest BCUT2D eigenvalue weighted by atomic mass is 32.1. The van der Waals surface area contributed by atoms with Gasteiger partial charge in [0.2, 0.25) is 5.89 Å². The Balaban J connectivity index is 1.31. The molecule has 0 saturated carbocycles. The van der Waals surface area contributed by atoms with Gasteiger partial charge in [0.05, 0.1) is 16.7 Å². The Morgan fingerprint density at radius 1 is 0.641 bits per heavy atom. The van der Waals surface area contributed by atoms with Crippen molar-refractivity contribution in [2.45, 2.75) is 0 Å². The van der Waals surface area contributed by atoms with Gasteiger partial charge >= 0.3 is 0 Å². The van der Waals surface area contributed by atoms with Crippen molar-refractivity contribution < 1.29 is 4.42 Å². The summed E-state index contributed by atoms with van der Waals surface area (Å²) < 4.78 is 8.60. The van der Waals surface area contributed by atoms with Crippen LogP contribution in [0.25, 0.3) is 71.9 Å². The number of para-hydroxylation sites is 1. The maximum atomic E-state index is 6.29. The molecule has 0 atom stereocenters. The molecular formula is C33H20N4OS. The van der Waals surface area contributed by atoms with E-state index in [4.69, 9.17) is 9.40 Å². The lowest BCUT2D eigenvalue weighted by molar-refractivity contribution is 0.620. The number of hydrogen-bond acceptors (Lipinski definition) is 5. The Bertz CT molecular complexity index is 2120. The first-order chi connectivity index (χ1) is 19.3. The number of thiazole rings is 1. The predicted molar refractivity (Wildman–Crippen MR) is 158 cm³/mol. The Morgan fingerprint density at radius 2 is 1.54 bits per heavy atom. The topological polar surface area (TPSA) is 56.7 Å². The number of oxazole rings is 1. The number of benzene rings is 4. The largest absolute Gasteiger partial charge is 0.436 e. The molecule has 0 aliphatic rings. The highest BCUT2D eigenvalue weighted by Crippen LogP contribution is 2.36. The van der Waals surface area contributed by atoms with Crippen LogP contribution in [0.15, 0.2) is 125 Å². The van der Waals surface area contributed by atoms with E-state index < -0.39 is 0 Å². The van der Waals surface area contributed by atoms with E-state index in [1.807, 2.05) is 54.2 Å². The van der Waals surface area contributed by atoms with Gasteiger partial charge in [-0.2, -0.15) is 0 Å². The van der Waals surface area contributed by atoms with Gasteiger partial charge in [0.25, 0.3) is 0 Å². The standard InChI is InChI=1S/C33H20N4OS/c1-2-10-29-25(8-1)26-13-11-22(32-36-28-14-12-23(20-31(28)38-32)33-35-16-17-39-33)19-30(26)37(29)24-7-5-6-21(18-24)27-9-3-4-15-34-27/h1-20H. The fourth-order valence-electron chi connectivity index (χ4n) is 5.27. The monoisotopic (exact) mass is 520 g/mol. The van der Waals surface area contributed by atoms with E-state index in [1.54, 1.807) is 11.3 Å². The molecule has 0 N–H and O–H groups in total. The van der Waals surface area contributed by atoms with Crippen LogP contribution >= 0.6 is 11.3 Å². The summed E-state index contributed by atoms with van der Waals surface area (Å²) >= 11 is 1.61. The Hall–Kier alpha value is -5.07. The lowest BCUT2D eigenvalue weighted by Gasteiger charge is -2.10. The van der Waals surface area contributed by atoms with Crippen LogP contribution in [0, 0.1) is 0 Å². The molecule has 0 radical (unpaired) electrons. The lowest BCUT2D eigenvalue weighted by atomic mass is 10.1. The van der Waals surface area contributed by atoms with E-state index >= 15 is 0 Å². The SMILES string of the molecule is c1ccc(-c2cccc(-n3c4ccccc4c4ccc(-c5nc6ccc(-c7nccs7)cc6o5)cc43)c2)nc1. The minimum absolute atomic E-state index is 0.599. The first-order valence-corrected chi connectivity index (χ1v) is 13.6. The van der Waals surface area contributed by atoms with Gasteiger partial charge in [-0.15, -0.1) is 11.3 Å². The van der Waals surface area contributed by atoms with Gasteiger partial charge in [0.15, 0.2) is 5.58 Å². The maximum absolute atomic E-state index is 6.29. The van der Waals surface area contributed by atoms with Crippen LogP contribution in [-0.2, 0) is 0 Å². The molecule has 0 bridgehead atoms. The van der Waals surface area contributed by atoms with Crippen LogP contribution < -0.4 is 0 Å². The zero-order valence-electron chi connectivity index (χ0n) is 20.7. The first kappa shape index (κ1) is 22.0. The summed E-state index contributed by atoms with van der Waals surface area (Å²) in [5.41, 5.74) is 8.88. The van der Waals surface area contributed by atoms with Gasteiger partial charge in [-0.3, -0.25) is 4.98 Å². The van der Waals surface area contributed by atoms with E-state index in [9.17, 15) is 0 Å². The second kappa shape index (κ2) is 8.75. The second-order valence-corrected chi connectivity index (χ2v) is 10.3. The number of pyridine rings is 1. The molecule has 0 aliphatic carbocycles. The molecule has 4 aromatic heterocycles. The molecule has 0 saturated heterocycles. The molecule has 0 aliphatic heterocycles. The van der Waals surface area contributed by atoms with Crippen molar-refractivity contribution in [3.63, 3.8) is 0 Å². The summed E-state index contributed by atoms with van der Waals surface area (Å²) in [6, 6.07) is 35.5. The molecule has 0 amide bonds. The summed E-state index contributed by atoms with van der Waals surface area (Å²) in [5.74, 6) is 0.599. The lowest BCUT2D eigenvalue weighted by Crippen LogP contribution is -1.95. The van der Waals surface area contributed by atoms with E-state index in [-0.39, 0.29) is 0 Å².